The fourth-order valence-electron chi connectivity index (χ4n) is 3.49. The summed E-state index contributed by atoms with van der Waals surface area (Å²) < 4.78 is 47.5. The van der Waals surface area contributed by atoms with Gasteiger partial charge < -0.3 is 54.2 Å². The molecule has 2 amide bonds. The molecule has 0 aromatic rings. The van der Waals surface area contributed by atoms with Crippen LogP contribution in [0.3, 0.4) is 0 Å². The summed E-state index contributed by atoms with van der Waals surface area (Å²) in [6.07, 6.45) is 2.56. The van der Waals surface area contributed by atoms with Gasteiger partial charge in [0.1, 0.15) is 5.94 Å². The Morgan fingerprint density at radius 2 is 1.75 bits per heavy atom. The van der Waals surface area contributed by atoms with Crippen molar-refractivity contribution in [2.45, 2.75) is 62.8 Å². The zero-order valence-corrected chi connectivity index (χ0v) is 28.4. The van der Waals surface area contributed by atoms with Crippen molar-refractivity contribution in [1.82, 2.24) is 10.6 Å². The summed E-state index contributed by atoms with van der Waals surface area (Å²) in [6, 6.07) is -0.0373. The predicted octanol–water partition coefficient (Wildman–Crippen LogP) is 2.04. The minimum absolute atomic E-state index is 0.0373. The number of nitrogens with two attached hydrogens (primary N) is 1. The smallest absolute Gasteiger partial charge is 0.407 e. The second-order valence-electron chi connectivity index (χ2n) is 10.1. The van der Waals surface area contributed by atoms with Gasteiger partial charge in [-0.15, -0.1) is 0 Å². The largest absolute Gasteiger partial charge is 0.450 e. The lowest BCUT2D eigenvalue weighted by Crippen LogP contribution is -2.29. The summed E-state index contributed by atoms with van der Waals surface area (Å²) in [5.41, 5.74) is 5.33. The lowest BCUT2D eigenvalue weighted by Gasteiger charge is -2.22. The van der Waals surface area contributed by atoms with Gasteiger partial charge in [-0.25, -0.2) is 9.59 Å². The van der Waals surface area contributed by atoms with E-state index < -0.39 is 20.4 Å². The molecule has 18 heteroatoms. The summed E-state index contributed by atoms with van der Waals surface area (Å²) in [5, 5.41) is 5.24. The van der Waals surface area contributed by atoms with Gasteiger partial charge in [-0.1, -0.05) is 27.5 Å². The minimum Gasteiger partial charge on any atom is -0.450 e. The Morgan fingerprint density at radius 1 is 1.02 bits per heavy atom. The number of carbonyl (C=O) groups is 2. The highest BCUT2D eigenvalue weighted by molar-refractivity contribution is 8.77. The van der Waals surface area contributed by atoms with E-state index in [0.717, 1.165) is 19.3 Å². The minimum atomic E-state index is -2.94. The molecule has 1 rings (SSSR count). The summed E-state index contributed by atoms with van der Waals surface area (Å²) >= 11 is 0. The van der Waals surface area contributed by atoms with Gasteiger partial charge in [0.05, 0.1) is 58.9 Å². The third kappa shape index (κ3) is 25.1. The molecule has 0 radical (unpaired) electrons. The number of amides is 2. The number of hydrogen-bond acceptors (Lipinski definition) is 13. The molecule has 0 aliphatic carbocycles. The van der Waals surface area contributed by atoms with Crippen molar-refractivity contribution in [2.24, 2.45) is 5.73 Å². The van der Waals surface area contributed by atoms with Crippen molar-refractivity contribution in [3.8, 4) is 11.7 Å². The van der Waals surface area contributed by atoms with Crippen molar-refractivity contribution < 1.29 is 52.0 Å². The summed E-state index contributed by atoms with van der Waals surface area (Å²) in [6.45, 7) is 8.30. The van der Waals surface area contributed by atoms with Crippen molar-refractivity contribution in [1.29, 1.82) is 0 Å². The van der Waals surface area contributed by atoms with E-state index in [-0.39, 0.29) is 30.0 Å². The van der Waals surface area contributed by atoms with E-state index in [1.54, 1.807) is 21.6 Å². The third-order valence-electron chi connectivity index (χ3n) is 5.78. The summed E-state index contributed by atoms with van der Waals surface area (Å²) in [5.74, 6) is 6.36. The summed E-state index contributed by atoms with van der Waals surface area (Å²) in [7, 11) is 0.866. The Kier molecular flexibility index (Phi) is 25.0. The van der Waals surface area contributed by atoms with Crippen LogP contribution in [0.5, 0.6) is 0 Å². The van der Waals surface area contributed by atoms with Crippen LogP contribution in [0.25, 0.3) is 0 Å². The molecule has 254 valence electrons. The molecule has 0 bridgehead atoms. The molecule has 0 saturated carbocycles. The second-order valence-corrected chi connectivity index (χ2v) is 13.9. The van der Waals surface area contributed by atoms with Gasteiger partial charge >= 0.3 is 20.4 Å². The molecular formula is C26H49BN3O11PS2. The van der Waals surface area contributed by atoms with Gasteiger partial charge in [0.15, 0.2) is 0 Å². The topological polar surface area (TPSA) is 186 Å². The van der Waals surface area contributed by atoms with E-state index >= 15 is 0 Å². The van der Waals surface area contributed by atoms with E-state index in [2.05, 4.69) is 36.2 Å². The quantitative estimate of drug-likeness (QED) is 0.0273. The van der Waals surface area contributed by atoms with E-state index in [9.17, 15) is 14.2 Å². The Morgan fingerprint density at radius 3 is 2.52 bits per heavy atom. The molecule has 0 spiro atoms. The zero-order chi connectivity index (χ0) is 32.3. The number of unbranched alkanes of at least 4 members (excludes halogenated alkanes) is 1. The van der Waals surface area contributed by atoms with Crippen molar-refractivity contribution in [3.05, 3.63) is 0 Å². The van der Waals surface area contributed by atoms with Gasteiger partial charge in [0.25, 0.3) is 0 Å². The molecule has 0 aromatic heterocycles. The van der Waals surface area contributed by atoms with Gasteiger partial charge in [-0.3, -0.25) is 4.57 Å². The molecule has 1 aliphatic heterocycles. The number of hydrogen-bond donors (Lipinski definition) is 4. The van der Waals surface area contributed by atoms with E-state index in [0.29, 0.717) is 85.4 Å². The van der Waals surface area contributed by atoms with Crippen LogP contribution in [0.4, 0.5) is 9.59 Å². The molecule has 1 fully saturated rings. The molecule has 44 heavy (non-hydrogen) atoms. The van der Waals surface area contributed by atoms with Gasteiger partial charge in [-0.2, -0.15) is 5.82 Å². The number of carbonyl (C=O) groups excluding carboxylic acids is 2. The lowest BCUT2D eigenvalue weighted by atomic mass is 9.71. The molecular weight excluding hydrogens is 636 g/mol. The molecule has 3 atom stereocenters. The second kappa shape index (κ2) is 27.0. The van der Waals surface area contributed by atoms with Crippen LogP contribution in [0.1, 0.15) is 46.0 Å². The monoisotopic (exact) mass is 685 g/mol. The maximum Gasteiger partial charge on any atom is 0.407 e. The highest BCUT2D eigenvalue weighted by Crippen LogP contribution is 2.38. The van der Waals surface area contributed by atoms with Crippen LogP contribution < -0.4 is 16.4 Å². The first-order valence-corrected chi connectivity index (χ1v) is 18.3. The Labute approximate surface area is 270 Å². The van der Waals surface area contributed by atoms with Crippen LogP contribution in [0, 0.1) is 11.7 Å². The lowest BCUT2D eigenvalue weighted by molar-refractivity contribution is 0.0492. The fourth-order valence-corrected chi connectivity index (χ4v) is 6.10. The summed E-state index contributed by atoms with van der Waals surface area (Å²) in [4.78, 5) is 32.3. The van der Waals surface area contributed by atoms with Gasteiger partial charge in [-0.05, 0) is 46.0 Å². The van der Waals surface area contributed by atoms with Crippen LogP contribution in [-0.2, 0) is 37.5 Å². The van der Waals surface area contributed by atoms with E-state index in [1.165, 1.54) is 0 Å². The van der Waals surface area contributed by atoms with Crippen LogP contribution in [0.2, 0.25) is 0 Å². The van der Waals surface area contributed by atoms with Crippen molar-refractivity contribution in [2.75, 3.05) is 78.4 Å². The van der Waals surface area contributed by atoms with E-state index in [4.69, 9.17) is 43.6 Å². The molecule has 1 saturated heterocycles. The van der Waals surface area contributed by atoms with Crippen LogP contribution >= 0.6 is 29.8 Å². The van der Waals surface area contributed by atoms with Crippen LogP contribution in [-0.4, -0.2) is 120 Å². The Hall–Kier alpha value is -1.19. The van der Waals surface area contributed by atoms with Gasteiger partial charge in [0.2, 0.25) is 7.28 Å². The fraction of sp³-hybridized carbons (Fsp3) is 0.846. The maximum atomic E-state index is 11.8. The van der Waals surface area contributed by atoms with Crippen LogP contribution in [0.15, 0.2) is 0 Å². The van der Waals surface area contributed by atoms with Gasteiger partial charge in [0, 0.05) is 30.4 Å². The SMILES string of the molecule is CC(C)(CCOC(=O)NCCOCCOCCN)SSCOCCCCOC(=O)NCC#CB[C@H]1CC[C@@H](CO[PH](=O)O)O1. The van der Waals surface area contributed by atoms with Crippen molar-refractivity contribution >= 4 is 49.3 Å². The molecule has 1 aliphatic rings. The van der Waals surface area contributed by atoms with E-state index in [1.807, 2.05) is 0 Å². The first-order chi connectivity index (χ1) is 21.2. The first-order valence-electron chi connectivity index (χ1n) is 14.7. The molecule has 0 aromatic carbocycles. The third-order valence-corrected chi connectivity index (χ3v) is 9.23. The predicted molar refractivity (Wildman–Crippen MR) is 173 cm³/mol. The van der Waals surface area contributed by atoms with Crippen molar-refractivity contribution in [3.63, 3.8) is 0 Å². The zero-order valence-electron chi connectivity index (χ0n) is 25.8. The standard InChI is InChI=1S/C26H49BN3O11PS2/c1-26(2,8-15-39-25(32)30-12-17-36-19-18-35-16-10-28)44-43-21-37-13-3-4-14-38-24(31)29-11-5-9-27-23-7-6-22(41-23)20-40-42(33)34/h22-23,27,42H,3-4,6-8,10-21,28H2,1-2H3,(H,29,31)(H,30,32)(H,33,34)/t22-,23+/m0/s1. The normalized spacial score (nSPS) is 16.9. The number of alkyl carbamates (subject to hydrolysis) is 2. The first kappa shape index (κ1) is 40.8. The maximum absolute atomic E-state index is 11.8. The highest BCUT2D eigenvalue weighted by Gasteiger charge is 2.25. The number of rotatable bonds is 25. The molecule has 14 nitrogen and oxygen atoms in total. The average Bonchev–Trinajstić information content (AvgIpc) is 3.44. The molecule has 1 heterocycles. The average molecular weight is 686 g/mol. The molecule has 1 unspecified atom stereocenters. The number of ether oxygens (including phenoxy) is 6. The molecule has 5 N–H and O–H groups in total. The number of nitrogens with one attached hydrogen (secondary N) is 2. The highest BCUT2D eigenvalue weighted by atomic mass is 33.1. The Balaban J connectivity index is 1.91. The Bertz CT molecular complexity index is 871.